The van der Waals surface area contributed by atoms with Crippen LogP contribution in [0, 0.1) is 0 Å². The summed E-state index contributed by atoms with van der Waals surface area (Å²) in [6.07, 6.45) is 7.88. The number of aryl methyl sites for hydroxylation is 4. The minimum atomic E-state index is 0.978. The van der Waals surface area contributed by atoms with Crippen molar-refractivity contribution >= 4 is 21.5 Å². The molecule has 0 aliphatic heterocycles. The minimum Gasteiger partial charge on any atom is -0.256 e. The minimum absolute atomic E-state index is 0.978. The second-order valence-corrected chi connectivity index (χ2v) is 12.0. The van der Waals surface area contributed by atoms with Gasteiger partial charge in [0.05, 0.1) is 11.4 Å². The van der Waals surface area contributed by atoms with E-state index in [0.717, 1.165) is 37.1 Å². The van der Waals surface area contributed by atoms with Crippen LogP contribution in [-0.4, -0.2) is 9.97 Å². The summed E-state index contributed by atoms with van der Waals surface area (Å²) >= 11 is 0. The van der Waals surface area contributed by atoms with Crippen molar-refractivity contribution in [2.24, 2.45) is 0 Å². The lowest BCUT2D eigenvalue weighted by atomic mass is 9.85. The number of aromatic nitrogens is 2. The molecule has 2 heterocycles. The van der Waals surface area contributed by atoms with Gasteiger partial charge in [0.25, 0.3) is 0 Å². The fourth-order valence-corrected chi connectivity index (χ4v) is 7.34. The predicted octanol–water partition coefficient (Wildman–Crippen LogP) is 11.7. The van der Waals surface area contributed by atoms with E-state index in [1.807, 2.05) is 12.4 Å². The molecule has 2 aromatic heterocycles. The van der Waals surface area contributed by atoms with Crippen LogP contribution >= 0.6 is 0 Å². The number of rotatable bonds is 8. The third-order valence-electron chi connectivity index (χ3n) is 9.54. The van der Waals surface area contributed by atoms with Crippen LogP contribution in [0.25, 0.3) is 66.3 Å². The van der Waals surface area contributed by atoms with E-state index < -0.39 is 0 Å². The molecule has 2 heteroatoms. The first-order chi connectivity index (χ1) is 22.7. The van der Waals surface area contributed by atoms with Crippen molar-refractivity contribution in [3.63, 3.8) is 0 Å². The second kappa shape index (κ2) is 12.7. The highest BCUT2D eigenvalue weighted by molar-refractivity contribution is 6.21. The first kappa shape index (κ1) is 29.6. The van der Waals surface area contributed by atoms with Crippen LogP contribution in [0.15, 0.2) is 122 Å². The molecule has 7 rings (SSSR count). The molecule has 7 aromatic rings. The zero-order valence-electron chi connectivity index (χ0n) is 27.3. The van der Waals surface area contributed by atoms with E-state index >= 15 is 0 Å². The Bertz CT molecular complexity index is 1950. The molecule has 0 saturated heterocycles. The molecule has 0 radical (unpaired) electrons. The van der Waals surface area contributed by atoms with Crippen LogP contribution in [0.1, 0.15) is 49.9 Å². The van der Waals surface area contributed by atoms with Gasteiger partial charge in [-0.3, -0.25) is 9.97 Å². The Morgan fingerprint density at radius 1 is 0.370 bits per heavy atom. The highest BCUT2D eigenvalue weighted by atomic mass is 14.7. The van der Waals surface area contributed by atoms with Gasteiger partial charge in [-0.15, -0.1) is 0 Å². The van der Waals surface area contributed by atoms with Gasteiger partial charge in [-0.1, -0.05) is 113 Å². The van der Waals surface area contributed by atoms with Crippen molar-refractivity contribution in [1.82, 2.24) is 9.97 Å². The van der Waals surface area contributed by atoms with E-state index in [4.69, 9.17) is 9.97 Å². The van der Waals surface area contributed by atoms with Gasteiger partial charge in [0.2, 0.25) is 0 Å². The average molecular weight is 597 g/mol. The van der Waals surface area contributed by atoms with Gasteiger partial charge >= 0.3 is 0 Å². The Hall–Kier alpha value is -5.08. The Morgan fingerprint density at radius 2 is 0.696 bits per heavy atom. The van der Waals surface area contributed by atoms with Gasteiger partial charge in [-0.05, 0) is 116 Å². The van der Waals surface area contributed by atoms with Crippen LogP contribution in [0.4, 0.5) is 0 Å². The van der Waals surface area contributed by atoms with E-state index in [-0.39, 0.29) is 0 Å². The smallest absolute Gasteiger partial charge is 0.0713 e. The molecule has 0 unspecified atom stereocenters. The van der Waals surface area contributed by atoms with Gasteiger partial charge in [0.15, 0.2) is 0 Å². The molecule has 0 aliphatic carbocycles. The van der Waals surface area contributed by atoms with Crippen molar-refractivity contribution in [1.29, 1.82) is 0 Å². The van der Waals surface area contributed by atoms with Crippen molar-refractivity contribution in [2.45, 2.75) is 53.4 Å². The van der Waals surface area contributed by atoms with E-state index in [1.54, 1.807) is 0 Å². The van der Waals surface area contributed by atoms with Crippen molar-refractivity contribution in [3.8, 4) is 44.8 Å². The summed E-state index contributed by atoms with van der Waals surface area (Å²) in [5.41, 5.74) is 14.9. The van der Waals surface area contributed by atoms with Crippen LogP contribution in [-0.2, 0) is 25.7 Å². The lowest BCUT2D eigenvalue weighted by Gasteiger charge is -2.19. The van der Waals surface area contributed by atoms with Gasteiger partial charge in [0, 0.05) is 23.5 Å². The summed E-state index contributed by atoms with van der Waals surface area (Å²) < 4.78 is 0. The summed E-state index contributed by atoms with van der Waals surface area (Å²) in [4.78, 5) is 9.87. The largest absolute Gasteiger partial charge is 0.256 e. The highest BCUT2D eigenvalue weighted by Crippen LogP contribution is 2.45. The number of nitrogens with zero attached hydrogens (tertiary/aromatic N) is 2. The van der Waals surface area contributed by atoms with E-state index in [2.05, 4.69) is 137 Å². The maximum atomic E-state index is 4.94. The molecule has 2 nitrogen and oxygen atoms in total. The first-order valence-corrected chi connectivity index (χ1v) is 16.7. The van der Waals surface area contributed by atoms with Crippen LogP contribution in [0.3, 0.4) is 0 Å². The summed E-state index contributed by atoms with van der Waals surface area (Å²) in [6, 6.07) is 40.1. The van der Waals surface area contributed by atoms with Crippen molar-refractivity contribution in [3.05, 3.63) is 144 Å². The predicted molar refractivity (Wildman–Crippen MR) is 196 cm³/mol. The lowest BCUT2D eigenvalue weighted by molar-refractivity contribution is 1.08. The fourth-order valence-electron chi connectivity index (χ4n) is 7.34. The van der Waals surface area contributed by atoms with Crippen LogP contribution < -0.4 is 0 Å². The van der Waals surface area contributed by atoms with E-state index in [9.17, 15) is 0 Å². The Morgan fingerprint density at radius 3 is 1.00 bits per heavy atom. The SMILES string of the molecule is CCc1cccc(CC)c1-c1cc(-c2c3ccccc3c(-c3ccnc(-c4c(CC)cccc4CC)c3)c3ccccc23)ccn1. The van der Waals surface area contributed by atoms with Gasteiger partial charge < -0.3 is 0 Å². The Balaban J connectivity index is 1.49. The number of hydrogen-bond acceptors (Lipinski definition) is 2. The average Bonchev–Trinajstić information content (AvgIpc) is 3.12. The molecule has 46 heavy (non-hydrogen) atoms. The highest BCUT2D eigenvalue weighted by Gasteiger charge is 2.19. The molecule has 226 valence electrons. The zero-order chi connectivity index (χ0) is 31.6. The topological polar surface area (TPSA) is 25.8 Å². The zero-order valence-corrected chi connectivity index (χ0v) is 27.3. The maximum Gasteiger partial charge on any atom is 0.0713 e. The first-order valence-electron chi connectivity index (χ1n) is 16.7. The second-order valence-electron chi connectivity index (χ2n) is 12.0. The third-order valence-corrected chi connectivity index (χ3v) is 9.54. The normalized spacial score (nSPS) is 11.4. The van der Waals surface area contributed by atoms with E-state index in [1.165, 1.54) is 77.2 Å². The van der Waals surface area contributed by atoms with Gasteiger partial charge in [-0.25, -0.2) is 0 Å². The molecule has 0 amide bonds. The summed E-state index contributed by atoms with van der Waals surface area (Å²) in [5, 5.41) is 4.98. The lowest BCUT2D eigenvalue weighted by Crippen LogP contribution is -1.98. The quantitative estimate of drug-likeness (QED) is 0.163. The maximum absolute atomic E-state index is 4.94. The van der Waals surface area contributed by atoms with E-state index in [0.29, 0.717) is 0 Å². The molecule has 0 saturated carbocycles. The molecule has 0 aliphatic rings. The Labute approximate surface area is 272 Å². The van der Waals surface area contributed by atoms with Crippen LogP contribution in [0.2, 0.25) is 0 Å². The number of benzene rings is 5. The molecule has 0 atom stereocenters. The van der Waals surface area contributed by atoms with Crippen molar-refractivity contribution in [2.75, 3.05) is 0 Å². The summed E-state index contributed by atoms with van der Waals surface area (Å²) in [5.74, 6) is 0. The van der Waals surface area contributed by atoms with Crippen LogP contribution in [0.5, 0.6) is 0 Å². The fraction of sp³-hybridized carbons (Fsp3) is 0.182. The number of hydrogen-bond donors (Lipinski definition) is 0. The Kier molecular flexibility index (Phi) is 8.20. The van der Waals surface area contributed by atoms with Gasteiger partial charge in [-0.2, -0.15) is 0 Å². The molecule has 5 aromatic carbocycles. The molecule has 0 bridgehead atoms. The molecule has 0 fully saturated rings. The standard InChI is InChI=1S/C44H40N2/c1-5-29-15-13-16-30(6-2)41(29)39-27-33(23-25-45-39)43-35-19-9-11-21-37(35)44(38-22-12-10-20-36(38)43)34-24-26-46-40(28-34)42-31(7-3)17-14-18-32(42)8-4/h9-28H,5-8H2,1-4H3. The number of pyridine rings is 2. The van der Waals surface area contributed by atoms with Crippen molar-refractivity contribution < 1.29 is 0 Å². The van der Waals surface area contributed by atoms with Gasteiger partial charge in [0.1, 0.15) is 0 Å². The summed E-state index contributed by atoms with van der Waals surface area (Å²) in [6.45, 7) is 8.93. The molecule has 0 spiro atoms. The monoisotopic (exact) mass is 596 g/mol. The number of fused-ring (bicyclic) bond motifs is 2. The summed E-state index contributed by atoms with van der Waals surface area (Å²) in [7, 11) is 0. The molecule has 0 N–H and O–H groups in total. The molecular formula is C44H40N2. The third kappa shape index (κ3) is 5.08. The molecular weight excluding hydrogens is 556 g/mol.